The Bertz CT molecular complexity index is 829. The van der Waals surface area contributed by atoms with Crippen LogP contribution in [0.2, 0.25) is 0 Å². The van der Waals surface area contributed by atoms with E-state index in [1.54, 1.807) is 19.1 Å². The first-order chi connectivity index (χ1) is 13.7. The summed E-state index contributed by atoms with van der Waals surface area (Å²) in [7, 11) is -3.60. The van der Waals surface area contributed by atoms with Crippen molar-refractivity contribution in [1.82, 2.24) is 9.80 Å². The fourth-order valence-corrected chi connectivity index (χ4v) is 3.96. The van der Waals surface area contributed by atoms with Crippen LogP contribution in [0.15, 0.2) is 29.2 Å². The van der Waals surface area contributed by atoms with Gasteiger partial charge in [-0.15, -0.1) is 0 Å². The van der Waals surface area contributed by atoms with Crippen molar-refractivity contribution < 1.29 is 32.3 Å². The smallest absolute Gasteiger partial charge is 0.409 e. The highest BCUT2D eigenvalue weighted by atomic mass is 32.2. The van der Waals surface area contributed by atoms with Crippen molar-refractivity contribution in [3.8, 4) is 0 Å². The monoisotopic (exact) mass is 426 g/mol. The van der Waals surface area contributed by atoms with Gasteiger partial charge in [-0.2, -0.15) is 0 Å². The number of amides is 2. The van der Waals surface area contributed by atoms with Crippen molar-refractivity contribution >= 4 is 27.8 Å². The third kappa shape index (κ3) is 6.74. The van der Waals surface area contributed by atoms with Gasteiger partial charge in [0, 0.05) is 26.2 Å². The third-order valence-electron chi connectivity index (χ3n) is 4.47. The average molecular weight is 426 g/mol. The van der Waals surface area contributed by atoms with E-state index in [0.717, 1.165) is 5.56 Å². The molecule has 2 rings (SSSR count). The maximum atomic E-state index is 12.2. The van der Waals surface area contributed by atoms with E-state index in [-0.39, 0.29) is 29.6 Å². The molecule has 1 heterocycles. The average Bonchev–Trinajstić information content (AvgIpc) is 2.71. The second-order valence-corrected chi connectivity index (χ2v) is 8.72. The van der Waals surface area contributed by atoms with Gasteiger partial charge in [-0.25, -0.2) is 13.2 Å². The number of carbonyl (C=O) groups is 3. The second-order valence-electron chi connectivity index (χ2n) is 6.61. The molecule has 29 heavy (non-hydrogen) atoms. The first-order valence-corrected chi connectivity index (χ1v) is 11.0. The van der Waals surface area contributed by atoms with E-state index in [2.05, 4.69) is 0 Å². The molecule has 2 amide bonds. The number of esters is 1. The molecule has 0 radical (unpaired) electrons. The highest BCUT2D eigenvalue weighted by Crippen LogP contribution is 2.13. The molecular formula is C19H26N2O7S. The minimum Gasteiger partial charge on any atom is -0.456 e. The zero-order chi connectivity index (χ0) is 21.4. The molecule has 1 aliphatic rings. The van der Waals surface area contributed by atoms with Gasteiger partial charge in [0.25, 0.3) is 5.91 Å². The molecule has 9 nitrogen and oxygen atoms in total. The second kappa shape index (κ2) is 10.2. The van der Waals surface area contributed by atoms with Crippen LogP contribution in [-0.4, -0.2) is 81.3 Å². The van der Waals surface area contributed by atoms with E-state index in [9.17, 15) is 22.8 Å². The number of hydrogen-bond donors (Lipinski definition) is 0. The van der Waals surface area contributed by atoms with Crippen molar-refractivity contribution in [3.05, 3.63) is 29.8 Å². The fraction of sp³-hybridized carbons (Fsp3) is 0.526. The van der Waals surface area contributed by atoms with Gasteiger partial charge in [0.2, 0.25) is 0 Å². The molecule has 0 N–H and O–H groups in total. The number of benzene rings is 1. The van der Waals surface area contributed by atoms with E-state index in [1.165, 1.54) is 21.9 Å². The number of rotatable bonds is 7. The zero-order valence-corrected chi connectivity index (χ0v) is 17.4. The summed E-state index contributed by atoms with van der Waals surface area (Å²) in [5, 5.41) is 0. The molecule has 1 aliphatic heterocycles. The topological polar surface area (TPSA) is 110 Å². The molecule has 1 fully saturated rings. The summed E-state index contributed by atoms with van der Waals surface area (Å²) in [6.45, 7) is 4.71. The Hall–Kier alpha value is -2.62. The lowest BCUT2D eigenvalue weighted by atomic mass is 10.2. The predicted molar refractivity (Wildman–Crippen MR) is 104 cm³/mol. The Balaban J connectivity index is 1.73. The van der Waals surface area contributed by atoms with Gasteiger partial charge in [0.15, 0.2) is 16.4 Å². The maximum absolute atomic E-state index is 12.2. The SMILES string of the molecule is CCOC(=O)N1CCN(C(=O)COC(=O)CCS(=O)(=O)c2ccc(C)cc2)CC1. The van der Waals surface area contributed by atoms with Crippen molar-refractivity contribution in [3.63, 3.8) is 0 Å². The lowest BCUT2D eigenvalue weighted by Gasteiger charge is -2.33. The highest BCUT2D eigenvalue weighted by molar-refractivity contribution is 7.91. The Morgan fingerprint density at radius 1 is 0.966 bits per heavy atom. The molecule has 1 aromatic carbocycles. The number of sulfone groups is 1. The van der Waals surface area contributed by atoms with Crippen LogP contribution < -0.4 is 0 Å². The Labute approximate surface area is 170 Å². The molecule has 0 unspecified atom stereocenters. The molecule has 160 valence electrons. The molecule has 0 saturated carbocycles. The maximum Gasteiger partial charge on any atom is 0.409 e. The molecule has 1 saturated heterocycles. The van der Waals surface area contributed by atoms with Gasteiger partial charge in [-0.3, -0.25) is 9.59 Å². The van der Waals surface area contributed by atoms with Crippen molar-refractivity contribution in [2.24, 2.45) is 0 Å². The Morgan fingerprint density at radius 3 is 2.14 bits per heavy atom. The minimum atomic E-state index is -3.60. The van der Waals surface area contributed by atoms with Gasteiger partial charge in [-0.05, 0) is 26.0 Å². The van der Waals surface area contributed by atoms with Crippen molar-refractivity contribution in [2.75, 3.05) is 45.1 Å². The lowest BCUT2D eigenvalue weighted by molar-refractivity contribution is -0.152. The van der Waals surface area contributed by atoms with E-state index >= 15 is 0 Å². The number of piperazine rings is 1. The van der Waals surface area contributed by atoms with Crippen LogP contribution in [0.1, 0.15) is 18.9 Å². The highest BCUT2D eigenvalue weighted by Gasteiger charge is 2.25. The summed E-state index contributed by atoms with van der Waals surface area (Å²) in [6, 6.07) is 6.36. The van der Waals surface area contributed by atoms with Gasteiger partial charge < -0.3 is 19.3 Å². The lowest BCUT2D eigenvalue weighted by Crippen LogP contribution is -2.51. The zero-order valence-electron chi connectivity index (χ0n) is 16.6. The summed E-state index contributed by atoms with van der Waals surface area (Å²) in [6.07, 6.45) is -0.749. The standard InChI is InChI=1S/C19H26N2O7S/c1-3-27-19(24)21-11-9-20(10-12-21)17(22)14-28-18(23)8-13-29(25,26)16-6-4-15(2)5-7-16/h4-7H,3,8-14H2,1-2H3. The van der Waals surface area contributed by atoms with E-state index in [4.69, 9.17) is 9.47 Å². The number of aryl methyl sites for hydroxylation is 1. The summed E-state index contributed by atoms with van der Waals surface area (Å²) >= 11 is 0. The number of ether oxygens (including phenoxy) is 2. The molecule has 0 atom stereocenters. The van der Waals surface area contributed by atoms with Crippen LogP contribution in [0, 0.1) is 6.92 Å². The van der Waals surface area contributed by atoms with Crippen LogP contribution in [0.4, 0.5) is 4.79 Å². The van der Waals surface area contributed by atoms with Crippen molar-refractivity contribution in [1.29, 1.82) is 0 Å². The molecule has 1 aromatic rings. The third-order valence-corrected chi connectivity index (χ3v) is 6.20. The van der Waals surface area contributed by atoms with Crippen LogP contribution >= 0.6 is 0 Å². The summed E-state index contributed by atoms with van der Waals surface area (Å²) in [5.74, 6) is -1.52. The van der Waals surface area contributed by atoms with Crippen LogP contribution in [0.5, 0.6) is 0 Å². The van der Waals surface area contributed by atoms with Gasteiger partial charge in [-0.1, -0.05) is 17.7 Å². The largest absolute Gasteiger partial charge is 0.456 e. The number of nitrogens with zero attached hydrogens (tertiary/aromatic N) is 2. The molecule has 0 bridgehead atoms. The molecule has 10 heteroatoms. The van der Waals surface area contributed by atoms with Crippen LogP contribution in [0.25, 0.3) is 0 Å². The van der Waals surface area contributed by atoms with Gasteiger partial charge >= 0.3 is 12.1 Å². The number of carbonyl (C=O) groups excluding carboxylic acids is 3. The van der Waals surface area contributed by atoms with E-state index < -0.39 is 28.5 Å². The Kier molecular flexibility index (Phi) is 8.00. The Morgan fingerprint density at radius 2 is 1.55 bits per heavy atom. The van der Waals surface area contributed by atoms with Crippen LogP contribution in [0.3, 0.4) is 0 Å². The first kappa shape index (κ1) is 22.7. The van der Waals surface area contributed by atoms with Gasteiger partial charge in [0.05, 0.1) is 23.7 Å². The first-order valence-electron chi connectivity index (χ1n) is 9.37. The molecule has 0 spiro atoms. The predicted octanol–water partition coefficient (Wildman–Crippen LogP) is 1.00. The fourth-order valence-electron chi connectivity index (χ4n) is 2.74. The summed E-state index contributed by atoms with van der Waals surface area (Å²) in [4.78, 5) is 38.8. The van der Waals surface area contributed by atoms with E-state index in [0.29, 0.717) is 26.2 Å². The summed E-state index contributed by atoms with van der Waals surface area (Å²) < 4.78 is 34.3. The molecular weight excluding hydrogens is 400 g/mol. The molecule has 0 aliphatic carbocycles. The summed E-state index contributed by atoms with van der Waals surface area (Å²) in [5.41, 5.74) is 0.935. The van der Waals surface area contributed by atoms with E-state index in [1.807, 2.05) is 6.92 Å². The van der Waals surface area contributed by atoms with Crippen LogP contribution in [-0.2, 0) is 28.9 Å². The quantitative estimate of drug-likeness (QED) is 0.598. The molecule has 0 aromatic heterocycles. The normalized spacial score (nSPS) is 14.4. The number of hydrogen-bond acceptors (Lipinski definition) is 7. The van der Waals surface area contributed by atoms with Gasteiger partial charge in [0.1, 0.15) is 0 Å². The minimum absolute atomic E-state index is 0.145. The van der Waals surface area contributed by atoms with Crippen molar-refractivity contribution in [2.45, 2.75) is 25.2 Å².